The number of pyridine rings is 1. The predicted octanol–water partition coefficient (Wildman–Crippen LogP) is 2.28. The van der Waals surface area contributed by atoms with E-state index in [4.69, 9.17) is 4.74 Å². The molecule has 7 heteroatoms. The molecule has 1 fully saturated rings. The molecule has 2 aromatic heterocycles. The van der Waals surface area contributed by atoms with E-state index in [2.05, 4.69) is 32.2 Å². The van der Waals surface area contributed by atoms with Crippen LogP contribution in [0.1, 0.15) is 16.8 Å². The number of aromatic nitrogens is 3. The molecule has 3 heterocycles. The smallest absolute Gasteiger partial charge is 0.236 e. The number of hydrogen-bond donors (Lipinski definition) is 1. The summed E-state index contributed by atoms with van der Waals surface area (Å²) in [5, 5.41) is 7.00. The molecule has 0 bridgehead atoms. The number of hydrogen-bond acceptors (Lipinski definition) is 5. The van der Waals surface area contributed by atoms with Crippen LogP contribution in [0.2, 0.25) is 0 Å². The number of nitrogens with zero attached hydrogens (tertiary/aromatic N) is 4. The van der Waals surface area contributed by atoms with Crippen molar-refractivity contribution in [3.05, 3.63) is 83.9 Å². The van der Waals surface area contributed by atoms with Gasteiger partial charge in [-0.3, -0.25) is 19.8 Å². The maximum Gasteiger partial charge on any atom is 0.236 e. The summed E-state index contributed by atoms with van der Waals surface area (Å²) in [5.41, 5.74) is 3.31. The molecular weight excluding hydrogens is 378 g/mol. The molecule has 156 valence electrons. The van der Waals surface area contributed by atoms with Crippen LogP contribution in [0, 0.1) is 0 Å². The number of benzene rings is 1. The fourth-order valence-electron chi connectivity index (χ4n) is 3.71. The van der Waals surface area contributed by atoms with E-state index in [0.717, 1.165) is 17.7 Å². The monoisotopic (exact) mass is 405 g/mol. The van der Waals surface area contributed by atoms with Gasteiger partial charge in [-0.2, -0.15) is 5.10 Å². The summed E-state index contributed by atoms with van der Waals surface area (Å²) in [7, 11) is 0. The quantitative estimate of drug-likeness (QED) is 0.622. The first-order valence-corrected chi connectivity index (χ1v) is 10.3. The maximum atomic E-state index is 13.0. The van der Waals surface area contributed by atoms with Gasteiger partial charge in [0.1, 0.15) is 0 Å². The van der Waals surface area contributed by atoms with Gasteiger partial charge in [0.2, 0.25) is 5.91 Å². The van der Waals surface area contributed by atoms with Gasteiger partial charge in [-0.05, 0) is 35.7 Å². The van der Waals surface area contributed by atoms with E-state index in [1.54, 1.807) is 18.6 Å². The Kier molecular flexibility index (Phi) is 6.84. The van der Waals surface area contributed by atoms with Crippen molar-refractivity contribution < 1.29 is 9.53 Å². The summed E-state index contributed by atoms with van der Waals surface area (Å²) in [6.45, 7) is 3.51. The Morgan fingerprint density at radius 2 is 1.83 bits per heavy atom. The van der Waals surface area contributed by atoms with Gasteiger partial charge >= 0.3 is 0 Å². The molecule has 0 saturated carbocycles. The second-order valence-corrected chi connectivity index (χ2v) is 7.62. The Labute approximate surface area is 176 Å². The van der Waals surface area contributed by atoms with Crippen LogP contribution in [-0.4, -0.2) is 63.2 Å². The lowest BCUT2D eigenvalue weighted by Crippen LogP contribution is -2.39. The highest BCUT2D eigenvalue weighted by Crippen LogP contribution is 2.14. The van der Waals surface area contributed by atoms with Crippen LogP contribution in [0.5, 0.6) is 0 Å². The number of H-pyrrole nitrogens is 1. The molecule has 1 aliphatic rings. The first kappa shape index (κ1) is 20.3. The molecule has 3 aromatic rings. The van der Waals surface area contributed by atoms with Gasteiger partial charge in [-0.15, -0.1) is 0 Å². The van der Waals surface area contributed by atoms with Crippen LogP contribution >= 0.6 is 0 Å². The van der Waals surface area contributed by atoms with Crippen molar-refractivity contribution in [3.63, 3.8) is 0 Å². The zero-order valence-corrected chi connectivity index (χ0v) is 17.0. The predicted molar refractivity (Wildman–Crippen MR) is 113 cm³/mol. The maximum absolute atomic E-state index is 13.0. The lowest BCUT2D eigenvalue weighted by molar-refractivity contribution is -0.131. The summed E-state index contributed by atoms with van der Waals surface area (Å²) in [4.78, 5) is 21.1. The van der Waals surface area contributed by atoms with Crippen molar-refractivity contribution in [2.75, 3.05) is 26.2 Å². The minimum Gasteiger partial charge on any atom is -0.370 e. The average molecular weight is 406 g/mol. The highest BCUT2D eigenvalue weighted by molar-refractivity contribution is 5.78. The van der Waals surface area contributed by atoms with Crippen molar-refractivity contribution in [1.82, 2.24) is 25.0 Å². The highest BCUT2D eigenvalue weighted by Gasteiger charge is 2.28. The number of aromatic amines is 1. The van der Waals surface area contributed by atoms with Crippen LogP contribution < -0.4 is 0 Å². The average Bonchev–Trinajstić information content (AvgIpc) is 3.23. The summed E-state index contributed by atoms with van der Waals surface area (Å²) in [6, 6.07) is 16.1. The first-order chi connectivity index (χ1) is 14.8. The van der Waals surface area contributed by atoms with Gasteiger partial charge in [0, 0.05) is 50.5 Å². The van der Waals surface area contributed by atoms with E-state index in [-0.39, 0.29) is 12.0 Å². The molecular formula is C23H27N5O2. The molecule has 7 nitrogen and oxygen atoms in total. The zero-order valence-electron chi connectivity index (χ0n) is 17.0. The van der Waals surface area contributed by atoms with E-state index in [1.807, 2.05) is 41.3 Å². The molecule has 0 spiro atoms. The fourth-order valence-corrected chi connectivity index (χ4v) is 3.71. The van der Waals surface area contributed by atoms with E-state index < -0.39 is 0 Å². The van der Waals surface area contributed by atoms with Crippen LogP contribution in [0.3, 0.4) is 0 Å². The molecule has 1 saturated heterocycles. The van der Waals surface area contributed by atoms with Gasteiger partial charge in [0.25, 0.3) is 0 Å². The Bertz CT molecular complexity index is 902. The standard InChI is InChI=1S/C23H27N5O2/c29-23-17-27(14-21-8-12-25-26-21)15-22(30-18-20-6-10-24-11-7-20)16-28(23)13-9-19-4-2-1-3-5-19/h1-8,10-12,22H,9,13-18H2,(H,25,26). The Morgan fingerprint density at radius 1 is 1.00 bits per heavy atom. The Hall–Kier alpha value is -3.03. The summed E-state index contributed by atoms with van der Waals surface area (Å²) < 4.78 is 6.24. The molecule has 1 aromatic carbocycles. The Balaban J connectivity index is 1.43. The van der Waals surface area contributed by atoms with Crippen LogP contribution in [0.15, 0.2) is 67.1 Å². The van der Waals surface area contributed by atoms with Crippen molar-refractivity contribution in [2.24, 2.45) is 0 Å². The molecule has 4 rings (SSSR count). The number of amides is 1. The summed E-state index contributed by atoms with van der Waals surface area (Å²) in [6.07, 6.45) is 6.05. The summed E-state index contributed by atoms with van der Waals surface area (Å²) >= 11 is 0. The normalized spacial score (nSPS) is 17.8. The van der Waals surface area contributed by atoms with Gasteiger partial charge in [0.15, 0.2) is 0 Å². The van der Waals surface area contributed by atoms with Crippen LogP contribution in [0.25, 0.3) is 0 Å². The molecule has 0 aliphatic carbocycles. The molecule has 1 amide bonds. The number of carbonyl (C=O) groups is 1. The third-order valence-corrected chi connectivity index (χ3v) is 5.30. The first-order valence-electron chi connectivity index (χ1n) is 10.3. The highest BCUT2D eigenvalue weighted by atomic mass is 16.5. The fraction of sp³-hybridized carbons (Fsp3) is 0.348. The third-order valence-electron chi connectivity index (χ3n) is 5.30. The molecule has 1 N–H and O–H groups in total. The molecule has 1 atom stereocenters. The van der Waals surface area contributed by atoms with E-state index in [9.17, 15) is 4.79 Å². The van der Waals surface area contributed by atoms with E-state index in [0.29, 0.717) is 39.3 Å². The minimum atomic E-state index is -0.0664. The van der Waals surface area contributed by atoms with Crippen LogP contribution in [-0.2, 0) is 29.1 Å². The van der Waals surface area contributed by atoms with Gasteiger partial charge in [-0.25, -0.2) is 0 Å². The number of ether oxygens (including phenoxy) is 1. The lowest BCUT2D eigenvalue weighted by Gasteiger charge is -2.25. The van der Waals surface area contributed by atoms with Crippen molar-refractivity contribution >= 4 is 5.91 Å². The third kappa shape index (κ3) is 5.75. The largest absolute Gasteiger partial charge is 0.370 e. The Morgan fingerprint density at radius 3 is 2.60 bits per heavy atom. The number of carbonyl (C=O) groups excluding carboxylic acids is 1. The number of rotatable bonds is 8. The van der Waals surface area contributed by atoms with E-state index >= 15 is 0 Å². The van der Waals surface area contributed by atoms with Crippen LogP contribution in [0.4, 0.5) is 0 Å². The van der Waals surface area contributed by atoms with Crippen molar-refractivity contribution in [1.29, 1.82) is 0 Å². The number of nitrogens with one attached hydrogen (secondary N) is 1. The minimum absolute atomic E-state index is 0.0664. The lowest BCUT2D eigenvalue weighted by atomic mass is 10.1. The SMILES string of the molecule is O=C1CN(Cc2ccn[nH]2)CC(OCc2ccncc2)CN1CCc1ccccc1. The molecule has 1 unspecified atom stereocenters. The molecule has 0 radical (unpaired) electrons. The zero-order chi connectivity index (χ0) is 20.6. The topological polar surface area (TPSA) is 74.3 Å². The van der Waals surface area contributed by atoms with Crippen molar-refractivity contribution in [3.8, 4) is 0 Å². The second kappa shape index (κ2) is 10.1. The van der Waals surface area contributed by atoms with Gasteiger partial charge < -0.3 is 9.64 Å². The summed E-state index contributed by atoms with van der Waals surface area (Å²) in [5.74, 6) is 0.139. The van der Waals surface area contributed by atoms with Gasteiger partial charge in [-0.1, -0.05) is 30.3 Å². The van der Waals surface area contributed by atoms with Crippen molar-refractivity contribution in [2.45, 2.75) is 25.7 Å². The second-order valence-electron chi connectivity index (χ2n) is 7.62. The molecule has 30 heavy (non-hydrogen) atoms. The molecule has 1 aliphatic heterocycles. The van der Waals surface area contributed by atoms with Gasteiger partial charge in [0.05, 0.1) is 19.3 Å². The van der Waals surface area contributed by atoms with E-state index in [1.165, 1.54) is 5.56 Å².